The highest BCUT2D eigenvalue weighted by Gasteiger charge is 2.51. The molecule has 5 fully saturated rings. The first-order chi connectivity index (χ1) is 22.4. The van der Waals surface area contributed by atoms with Crippen LogP contribution in [-0.2, 0) is 4.74 Å². The highest BCUT2D eigenvalue weighted by molar-refractivity contribution is 6.35. The van der Waals surface area contributed by atoms with E-state index in [0.29, 0.717) is 47.4 Å². The summed E-state index contributed by atoms with van der Waals surface area (Å²) in [5.41, 5.74) is 1.19. The van der Waals surface area contributed by atoms with Gasteiger partial charge in [-0.15, -0.1) is 0 Å². The maximum Gasteiger partial charge on any atom is 0.319 e. The van der Waals surface area contributed by atoms with Crippen LogP contribution in [0.1, 0.15) is 38.5 Å². The Morgan fingerprint density at radius 1 is 1.04 bits per heavy atom. The maximum atomic E-state index is 16.9. The fourth-order valence-electron chi connectivity index (χ4n) is 9.01. The van der Waals surface area contributed by atoms with E-state index in [9.17, 15) is 5.11 Å². The average molecular weight is 644 g/mol. The number of benzene rings is 3. The SMILES string of the molecule is Oc1cc(-c2c(Cl)cc3c(N4CC5CCC(C4)N5)nc(OCC4CC[C@]45CC[C@H]4COCCN4C5)nc3c2F)c2ccccc2c1. The number of nitrogens with one attached hydrogen (secondary N) is 1. The molecule has 8 nitrogen and oxygen atoms in total. The molecular formula is C36H39ClFN5O3. The second-order valence-electron chi connectivity index (χ2n) is 14.2. The Morgan fingerprint density at radius 3 is 2.70 bits per heavy atom. The molecule has 1 saturated carbocycles. The van der Waals surface area contributed by atoms with Crippen LogP contribution in [0.15, 0.2) is 42.5 Å². The van der Waals surface area contributed by atoms with Crippen molar-refractivity contribution in [2.24, 2.45) is 11.3 Å². The number of aromatic nitrogens is 2. The first-order valence-electron chi connectivity index (χ1n) is 16.8. The summed E-state index contributed by atoms with van der Waals surface area (Å²) in [5, 5.41) is 16.7. The summed E-state index contributed by atoms with van der Waals surface area (Å²) in [5.74, 6) is 0.603. The Morgan fingerprint density at radius 2 is 1.87 bits per heavy atom. The van der Waals surface area contributed by atoms with E-state index >= 15 is 4.39 Å². The number of hydrogen-bond donors (Lipinski definition) is 2. The first kappa shape index (κ1) is 28.9. The minimum absolute atomic E-state index is 0.0495. The maximum absolute atomic E-state index is 16.9. The third kappa shape index (κ3) is 4.81. The summed E-state index contributed by atoms with van der Waals surface area (Å²) in [6, 6.07) is 14.1. The summed E-state index contributed by atoms with van der Waals surface area (Å²) < 4.78 is 29.1. The molecular weight excluding hydrogens is 605 g/mol. The molecule has 46 heavy (non-hydrogen) atoms. The molecule has 5 heterocycles. The zero-order valence-corrected chi connectivity index (χ0v) is 26.6. The van der Waals surface area contributed by atoms with E-state index in [1.165, 1.54) is 12.8 Å². The summed E-state index contributed by atoms with van der Waals surface area (Å²) in [7, 11) is 0. The number of rotatable bonds is 5. The number of phenols is 1. The zero-order chi connectivity index (χ0) is 31.0. The summed E-state index contributed by atoms with van der Waals surface area (Å²) in [6.07, 6.45) is 6.92. The van der Waals surface area contributed by atoms with Crippen LogP contribution in [0, 0.1) is 17.2 Å². The van der Waals surface area contributed by atoms with Gasteiger partial charge in [0.15, 0.2) is 5.82 Å². The molecule has 1 aliphatic carbocycles. The van der Waals surface area contributed by atoms with E-state index in [1.807, 2.05) is 24.3 Å². The molecule has 10 heteroatoms. The van der Waals surface area contributed by atoms with Crippen molar-refractivity contribution < 1.29 is 19.0 Å². The Balaban J connectivity index is 1.10. The second-order valence-corrected chi connectivity index (χ2v) is 14.6. The van der Waals surface area contributed by atoms with E-state index in [4.69, 9.17) is 31.0 Å². The molecule has 4 aromatic rings. The van der Waals surface area contributed by atoms with E-state index in [1.54, 1.807) is 18.2 Å². The van der Waals surface area contributed by atoms with E-state index < -0.39 is 5.82 Å². The molecule has 0 radical (unpaired) electrons. The lowest BCUT2D eigenvalue weighted by Crippen LogP contribution is -2.60. The number of fused-ring (bicyclic) bond motifs is 5. The van der Waals surface area contributed by atoms with Gasteiger partial charge in [0.25, 0.3) is 0 Å². The fraction of sp³-hybridized carbons (Fsp3) is 0.500. The third-order valence-electron chi connectivity index (χ3n) is 11.6. The van der Waals surface area contributed by atoms with Crippen LogP contribution in [0.2, 0.25) is 5.02 Å². The first-order valence-corrected chi connectivity index (χ1v) is 17.2. The topological polar surface area (TPSA) is 83.0 Å². The van der Waals surface area contributed by atoms with Crippen molar-refractivity contribution in [2.45, 2.75) is 56.7 Å². The monoisotopic (exact) mass is 643 g/mol. The van der Waals surface area contributed by atoms with E-state index in [-0.39, 0.29) is 33.3 Å². The molecule has 2 N–H and O–H groups in total. The molecule has 4 saturated heterocycles. The predicted octanol–water partition coefficient (Wildman–Crippen LogP) is 6.16. The lowest BCUT2D eigenvalue weighted by molar-refractivity contribution is -0.117. The average Bonchev–Trinajstić information content (AvgIpc) is 3.40. The molecule has 240 valence electrons. The number of piperazine rings is 1. The molecule has 4 aliphatic heterocycles. The van der Waals surface area contributed by atoms with Gasteiger partial charge in [-0.2, -0.15) is 9.97 Å². The van der Waals surface area contributed by atoms with Gasteiger partial charge in [-0.1, -0.05) is 35.9 Å². The van der Waals surface area contributed by atoms with Crippen molar-refractivity contribution in [1.82, 2.24) is 20.2 Å². The van der Waals surface area contributed by atoms with E-state index in [0.717, 1.165) is 75.8 Å². The van der Waals surface area contributed by atoms with Gasteiger partial charge in [0.2, 0.25) is 0 Å². The largest absolute Gasteiger partial charge is 0.508 e. The molecule has 3 unspecified atom stereocenters. The number of anilines is 1. The van der Waals surface area contributed by atoms with Crippen molar-refractivity contribution in [2.75, 3.05) is 50.9 Å². The fourth-order valence-corrected chi connectivity index (χ4v) is 9.31. The number of nitrogens with zero attached hydrogens (tertiary/aromatic N) is 4. The lowest BCUT2D eigenvalue weighted by Gasteiger charge is -2.57. The van der Waals surface area contributed by atoms with E-state index in [2.05, 4.69) is 15.1 Å². The number of hydrogen-bond acceptors (Lipinski definition) is 8. The normalized spacial score (nSPS) is 29.3. The van der Waals surface area contributed by atoms with Crippen LogP contribution in [-0.4, -0.2) is 84.1 Å². The van der Waals surface area contributed by atoms with Gasteiger partial charge in [-0.25, -0.2) is 4.39 Å². The van der Waals surface area contributed by atoms with Gasteiger partial charge in [-0.3, -0.25) is 4.90 Å². The highest BCUT2D eigenvalue weighted by atomic mass is 35.5. The Hall–Kier alpha value is -3.24. The highest BCUT2D eigenvalue weighted by Crippen LogP contribution is 2.53. The predicted molar refractivity (Wildman–Crippen MR) is 177 cm³/mol. The van der Waals surface area contributed by atoms with Crippen LogP contribution in [0.3, 0.4) is 0 Å². The van der Waals surface area contributed by atoms with Gasteiger partial charge in [-0.05, 0) is 84.4 Å². The molecule has 5 aliphatic rings. The standard InChI is InChI=1S/C36H39ClFN5O3/c37-30-15-29-33(32(38)31(30)28-14-26(44)13-21-3-1-2-4-27(21)28)40-35(41-34(29)43-16-23-5-6-24(17-43)39-23)46-18-22-7-9-36(22)10-8-25-19-45-12-11-42(25)20-36/h1-4,13-15,22-25,39,44H,5-12,16-20H2/t22?,23?,24?,25-,36+/m0/s1. The minimum Gasteiger partial charge on any atom is -0.508 e. The lowest BCUT2D eigenvalue weighted by atomic mass is 9.56. The van der Waals surface area contributed by atoms with Crippen molar-refractivity contribution in [3.8, 4) is 22.9 Å². The number of aromatic hydroxyl groups is 1. The molecule has 0 amide bonds. The zero-order valence-electron chi connectivity index (χ0n) is 25.9. The molecule has 1 aromatic heterocycles. The molecule has 9 rings (SSSR count). The minimum atomic E-state index is -0.532. The van der Waals surface area contributed by atoms with Crippen LogP contribution in [0.4, 0.5) is 10.2 Å². The van der Waals surface area contributed by atoms with Crippen LogP contribution >= 0.6 is 11.6 Å². The van der Waals surface area contributed by atoms with Gasteiger partial charge >= 0.3 is 6.01 Å². The van der Waals surface area contributed by atoms with Gasteiger partial charge in [0.1, 0.15) is 17.1 Å². The molecule has 2 bridgehead atoms. The quantitative estimate of drug-likeness (QED) is 0.268. The van der Waals surface area contributed by atoms with Crippen molar-refractivity contribution in [3.63, 3.8) is 0 Å². The van der Waals surface area contributed by atoms with Gasteiger partial charge in [0.05, 0.1) is 24.8 Å². The van der Waals surface area contributed by atoms with Crippen molar-refractivity contribution in [3.05, 3.63) is 53.3 Å². The van der Waals surface area contributed by atoms with Crippen molar-refractivity contribution in [1.29, 1.82) is 0 Å². The van der Waals surface area contributed by atoms with Gasteiger partial charge in [0, 0.05) is 55.3 Å². The van der Waals surface area contributed by atoms with Crippen LogP contribution in [0.5, 0.6) is 11.8 Å². The van der Waals surface area contributed by atoms with Crippen molar-refractivity contribution >= 4 is 39.1 Å². The smallest absolute Gasteiger partial charge is 0.319 e. The molecule has 3 aromatic carbocycles. The molecule has 5 atom stereocenters. The number of morpholine rings is 1. The van der Waals surface area contributed by atoms with Gasteiger partial charge < -0.3 is 24.8 Å². The number of piperidine rings is 1. The van der Waals surface area contributed by atoms with Crippen LogP contribution < -0.4 is 15.0 Å². The second kappa shape index (κ2) is 11.2. The summed E-state index contributed by atoms with van der Waals surface area (Å²) in [4.78, 5) is 14.6. The Kier molecular flexibility index (Phi) is 7.04. The number of halogens is 2. The van der Waals surface area contributed by atoms with Crippen LogP contribution in [0.25, 0.3) is 32.8 Å². The molecule has 1 spiro atoms. The Labute approximate surface area is 272 Å². The third-order valence-corrected chi connectivity index (χ3v) is 11.9. The number of ether oxygens (including phenoxy) is 2. The summed E-state index contributed by atoms with van der Waals surface area (Å²) >= 11 is 6.93. The summed E-state index contributed by atoms with van der Waals surface area (Å²) in [6.45, 7) is 5.84. The number of phenolic OH excluding ortho intramolecular Hbond substituents is 1. The Bertz CT molecular complexity index is 1830.